The third-order valence-electron chi connectivity index (χ3n) is 6.28. The molecule has 0 bridgehead atoms. The Morgan fingerprint density at radius 3 is 2.53 bits per heavy atom. The minimum atomic E-state index is -0.889. The number of carbonyl (C=O) groups is 1. The Labute approximate surface area is 194 Å². The molecule has 5 rings (SSSR count). The molecule has 3 aromatic carbocycles. The molecule has 1 heterocycles. The van der Waals surface area contributed by atoms with Gasteiger partial charge in [0.05, 0.1) is 17.4 Å². The van der Waals surface area contributed by atoms with Crippen LogP contribution >= 0.6 is 0 Å². The Morgan fingerprint density at radius 1 is 1.15 bits per heavy atom. The predicted octanol–water partition coefficient (Wildman–Crippen LogP) is 4.66. The minimum Gasteiger partial charge on any atom is -0.487 e. The number of nitrogens with zero attached hydrogens (tertiary/aromatic N) is 2. The number of ether oxygens (including phenoxy) is 1. The number of hydrogen-bond donors (Lipinski definition) is 2. The van der Waals surface area contributed by atoms with Gasteiger partial charge in [0.25, 0.3) is 0 Å². The normalized spacial score (nSPS) is 13.4. The van der Waals surface area contributed by atoms with Crippen molar-refractivity contribution in [3.63, 3.8) is 0 Å². The van der Waals surface area contributed by atoms with E-state index < -0.39 is 17.6 Å². The quantitative estimate of drug-likeness (QED) is 0.406. The zero-order chi connectivity index (χ0) is 24.0. The second-order valence-electron chi connectivity index (χ2n) is 8.68. The number of nitrogen functional groups attached to an aromatic ring is 1. The molecule has 0 fully saturated rings. The summed E-state index contributed by atoms with van der Waals surface area (Å²) in [6.45, 7) is 0. The summed E-state index contributed by atoms with van der Waals surface area (Å²) in [5, 5.41) is 14.3. The zero-order valence-corrected chi connectivity index (χ0v) is 18.5. The Balaban J connectivity index is 1.53. The van der Waals surface area contributed by atoms with E-state index >= 15 is 0 Å². The SMILES string of the molecule is Cn1ncc2cc(-c3cc(CCC(=O)O)cc(N)c3OC3Cc4cc(F)c(F)cc4C3)ccc21. The lowest BCUT2D eigenvalue weighted by Crippen LogP contribution is -2.18. The largest absolute Gasteiger partial charge is 0.487 e. The molecule has 0 atom stereocenters. The average Bonchev–Trinajstić information content (AvgIpc) is 3.36. The van der Waals surface area contributed by atoms with Crippen LogP contribution in [0.1, 0.15) is 23.1 Å². The number of benzene rings is 3. The van der Waals surface area contributed by atoms with Crippen molar-refractivity contribution in [2.75, 3.05) is 5.73 Å². The smallest absolute Gasteiger partial charge is 0.303 e. The average molecular weight is 463 g/mol. The Morgan fingerprint density at radius 2 is 1.85 bits per heavy atom. The monoisotopic (exact) mass is 463 g/mol. The van der Waals surface area contributed by atoms with Gasteiger partial charge in [-0.1, -0.05) is 6.07 Å². The van der Waals surface area contributed by atoms with Gasteiger partial charge in [0.1, 0.15) is 11.9 Å². The highest BCUT2D eigenvalue weighted by Gasteiger charge is 2.27. The van der Waals surface area contributed by atoms with Gasteiger partial charge < -0.3 is 15.6 Å². The maximum atomic E-state index is 13.7. The summed E-state index contributed by atoms with van der Waals surface area (Å²) in [7, 11) is 1.87. The van der Waals surface area contributed by atoms with Crippen LogP contribution in [0.15, 0.2) is 48.7 Å². The van der Waals surface area contributed by atoms with Gasteiger partial charge in [-0.05, 0) is 65.1 Å². The van der Waals surface area contributed by atoms with Crippen LogP contribution in [0.5, 0.6) is 5.75 Å². The highest BCUT2D eigenvalue weighted by atomic mass is 19.2. The summed E-state index contributed by atoms with van der Waals surface area (Å²) >= 11 is 0. The summed E-state index contributed by atoms with van der Waals surface area (Å²) < 4.78 is 35.5. The summed E-state index contributed by atoms with van der Waals surface area (Å²) in [4.78, 5) is 11.1. The number of rotatable bonds is 6. The van der Waals surface area contributed by atoms with Gasteiger partial charge in [-0.3, -0.25) is 9.48 Å². The number of aromatic nitrogens is 2. The van der Waals surface area contributed by atoms with E-state index in [-0.39, 0.29) is 12.5 Å². The van der Waals surface area contributed by atoms with E-state index in [0.29, 0.717) is 30.7 Å². The molecule has 0 saturated heterocycles. The van der Waals surface area contributed by atoms with E-state index in [4.69, 9.17) is 15.6 Å². The molecule has 0 unspecified atom stereocenters. The first kappa shape index (κ1) is 21.9. The molecule has 174 valence electrons. The molecule has 0 saturated carbocycles. The molecule has 0 amide bonds. The maximum absolute atomic E-state index is 13.7. The summed E-state index contributed by atoms with van der Waals surface area (Å²) in [5.74, 6) is -2.15. The molecule has 3 N–H and O–H groups in total. The number of nitrogens with two attached hydrogens (primary N) is 1. The molecule has 0 spiro atoms. The summed E-state index contributed by atoms with van der Waals surface area (Å²) in [6.07, 6.45) is 2.63. The molecular formula is C26H23F2N3O3. The molecule has 0 aliphatic heterocycles. The van der Waals surface area contributed by atoms with Crippen molar-refractivity contribution in [3.05, 3.63) is 77.0 Å². The van der Waals surface area contributed by atoms with Crippen LogP contribution in [0, 0.1) is 11.6 Å². The van der Waals surface area contributed by atoms with Crippen LogP contribution in [-0.2, 0) is 31.1 Å². The number of aryl methyl sites for hydroxylation is 2. The fraction of sp³-hybridized carbons (Fsp3) is 0.231. The Hall–Kier alpha value is -3.94. The van der Waals surface area contributed by atoms with Gasteiger partial charge >= 0.3 is 5.97 Å². The first-order valence-electron chi connectivity index (χ1n) is 11.0. The third kappa shape index (κ3) is 4.07. The lowest BCUT2D eigenvalue weighted by molar-refractivity contribution is -0.136. The number of halogens is 2. The number of hydrogen-bond acceptors (Lipinski definition) is 4. The molecule has 1 aliphatic carbocycles. The van der Waals surface area contributed by atoms with E-state index in [9.17, 15) is 13.6 Å². The van der Waals surface area contributed by atoms with E-state index in [0.717, 1.165) is 38.7 Å². The first-order chi connectivity index (χ1) is 16.3. The van der Waals surface area contributed by atoms with Gasteiger partial charge in [-0.15, -0.1) is 0 Å². The van der Waals surface area contributed by atoms with Gasteiger partial charge in [0.2, 0.25) is 0 Å². The molecule has 34 heavy (non-hydrogen) atoms. The number of anilines is 1. The van der Waals surface area contributed by atoms with Crippen LogP contribution in [-0.4, -0.2) is 27.0 Å². The van der Waals surface area contributed by atoms with Crippen molar-refractivity contribution in [1.82, 2.24) is 9.78 Å². The molecule has 1 aromatic heterocycles. The highest BCUT2D eigenvalue weighted by Crippen LogP contribution is 2.40. The van der Waals surface area contributed by atoms with E-state index in [1.165, 1.54) is 12.1 Å². The molecule has 0 radical (unpaired) electrons. The second kappa shape index (κ2) is 8.44. The van der Waals surface area contributed by atoms with Crippen molar-refractivity contribution in [2.24, 2.45) is 7.05 Å². The fourth-order valence-electron chi connectivity index (χ4n) is 4.61. The zero-order valence-electron chi connectivity index (χ0n) is 18.5. The molecule has 1 aliphatic rings. The van der Waals surface area contributed by atoms with E-state index in [2.05, 4.69) is 5.10 Å². The third-order valence-corrected chi connectivity index (χ3v) is 6.28. The summed E-state index contributed by atoms with van der Waals surface area (Å²) in [5.41, 5.74) is 11.6. The Bertz CT molecular complexity index is 1400. The van der Waals surface area contributed by atoms with Crippen LogP contribution in [0.3, 0.4) is 0 Å². The molecule has 4 aromatic rings. The first-order valence-corrected chi connectivity index (χ1v) is 11.0. The number of aliphatic carboxylic acids is 1. The summed E-state index contributed by atoms with van der Waals surface area (Å²) in [6, 6.07) is 12.0. The standard InChI is InChI=1S/C26H23F2N3O3/c1-31-24-4-3-15(8-18(24)13-30-31)20-6-14(2-5-25(32)33)7-23(29)26(20)34-19-9-16-11-21(27)22(28)12-17(16)10-19/h3-4,6-8,11-13,19H,2,5,9-10,29H2,1H3,(H,32,33). The maximum Gasteiger partial charge on any atom is 0.303 e. The van der Waals surface area contributed by atoms with Crippen LogP contribution in [0.2, 0.25) is 0 Å². The van der Waals surface area contributed by atoms with Crippen molar-refractivity contribution in [3.8, 4) is 16.9 Å². The number of carboxylic acids is 1. The van der Waals surface area contributed by atoms with Crippen LogP contribution in [0.4, 0.5) is 14.5 Å². The lowest BCUT2D eigenvalue weighted by Gasteiger charge is -2.20. The topological polar surface area (TPSA) is 90.4 Å². The van der Waals surface area contributed by atoms with Crippen molar-refractivity contribution in [2.45, 2.75) is 31.8 Å². The molecule has 8 heteroatoms. The number of carboxylic acid groups (broad SMARTS) is 1. The lowest BCUT2D eigenvalue weighted by atomic mass is 9.97. The fourth-order valence-corrected chi connectivity index (χ4v) is 4.61. The van der Waals surface area contributed by atoms with Crippen molar-refractivity contribution >= 4 is 22.6 Å². The second-order valence-corrected chi connectivity index (χ2v) is 8.68. The van der Waals surface area contributed by atoms with Gasteiger partial charge in [0, 0.05) is 37.3 Å². The van der Waals surface area contributed by atoms with Gasteiger partial charge in [0.15, 0.2) is 11.6 Å². The number of fused-ring (bicyclic) bond motifs is 2. The Kier molecular flexibility index (Phi) is 5.43. The molecule has 6 nitrogen and oxygen atoms in total. The van der Waals surface area contributed by atoms with Crippen molar-refractivity contribution in [1.29, 1.82) is 0 Å². The van der Waals surface area contributed by atoms with E-state index in [1.807, 2.05) is 31.3 Å². The van der Waals surface area contributed by atoms with Gasteiger partial charge in [-0.25, -0.2) is 8.78 Å². The van der Waals surface area contributed by atoms with Crippen LogP contribution < -0.4 is 10.5 Å². The highest BCUT2D eigenvalue weighted by molar-refractivity contribution is 5.87. The minimum absolute atomic E-state index is 0.0181. The van der Waals surface area contributed by atoms with Crippen LogP contribution in [0.25, 0.3) is 22.0 Å². The van der Waals surface area contributed by atoms with Gasteiger partial charge in [-0.2, -0.15) is 5.10 Å². The predicted molar refractivity (Wildman–Crippen MR) is 125 cm³/mol. The van der Waals surface area contributed by atoms with Crippen molar-refractivity contribution < 1.29 is 23.4 Å². The molecular weight excluding hydrogens is 440 g/mol. The van der Waals surface area contributed by atoms with E-state index in [1.54, 1.807) is 16.9 Å².